The first-order valence-electron chi connectivity index (χ1n) is 8.05. The lowest BCUT2D eigenvalue weighted by Crippen LogP contribution is -2.13. The summed E-state index contributed by atoms with van der Waals surface area (Å²) in [5, 5.41) is 3.57. The molecule has 0 aliphatic heterocycles. The maximum Gasteiger partial charge on any atom is 0.258 e. The van der Waals surface area contributed by atoms with E-state index in [1.807, 2.05) is 30.3 Å². The van der Waals surface area contributed by atoms with Crippen LogP contribution in [-0.2, 0) is 0 Å². The number of amides is 1. The molecule has 0 spiro atoms. The summed E-state index contributed by atoms with van der Waals surface area (Å²) in [4.78, 5) is 22.4. The van der Waals surface area contributed by atoms with Crippen molar-refractivity contribution in [1.82, 2.24) is 9.97 Å². The zero-order valence-corrected chi connectivity index (χ0v) is 14.8. The number of pyridine rings is 1. The molecule has 26 heavy (non-hydrogen) atoms. The summed E-state index contributed by atoms with van der Waals surface area (Å²) in [5.41, 5.74) is 2.60. The number of oxazole rings is 1. The van der Waals surface area contributed by atoms with Crippen LogP contribution in [0.3, 0.4) is 0 Å². The SMILES string of the molecule is Cc1nc2cc(NC(=O)c3cccnc3Sc3ccccc3)ccc2o1. The van der Waals surface area contributed by atoms with E-state index < -0.39 is 0 Å². The smallest absolute Gasteiger partial charge is 0.258 e. The van der Waals surface area contributed by atoms with Gasteiger partial charge in [0.2, 0.25) is 0 Å². The van der Waals surface area contributed by atoms with Crippen LogP contribution in [-0.4, -0.2) is 15.9 Å². The first kappa shape index (κ1) is 16.4. The Morgan fingerprint density at radius 1 is 1.08 bits per heavy atom. The molecule has 0 saturated carbocycles. The molecule has 2 heterocycles. The van der Waals surface area contributed by atoms with Gasteiger partial charge in [-0.2, -0.15) is 0 Å². The highest BCUT2D eigenvalue weighted by Crippen LogP contribution is 2.29. The van der Waals surface area contributed by atoms with E-state index in [2.05, 4.69) is 15.3 Å². The lowest BCUT2D eigenvalue weighted by molar-refractivity contribution is 0.102. The minimum absolute atomic E-state index is 0.212. The molecule has 4 rings (SSSR count). The van der Waals surface area contributed by atoms with Crippen molar-refractivity contribution in [3.05, 3.63) is 78.3 Å². The molecule has 2 aromatic heterocycles. The normalized spacial score (nSPS) is 10.8. The van der Waals surface area contributed by atoms with Gasteiger partial charge in [0.15, 0.2) is 11.5 Å². The third-order valence-corrected chi connectivity index (χ3v) is 4.75. The summed E-state index contributed by atoms with van der Waals surface area (Å²) in [6.07, 6.45) is 1.69. The number of rotatable bonds is 4. The molecule has 0 aliphatic rings. The molecule has 0 radical (unpaired) electrons. The molecule has 0 bridgehead atoms. The van der Waals surface area contributed by atoms with Crippen molar-refractivity contribution in [2.75, 3.05) is 5.32 Å². The predicted octanol–water partition coefficient (Wildman–Crippen LogP) is 4.93. The van der Waals surface area contributed by atoms with E-state index in [9.17, 15) is 4.79 Å². The maximum absolute atomic E-state index is 12.8. The highest BCUT2D eigenvalue weighted by molar-refractivity contribution is 7.99. The number of aromatic nitrogens is 2. The Bertz CT molecular complexity index is 1080. The third-order valence-electron chi connectivity index (χ3n) is 3.73. The number of nitrogens with zero attached hydrogens (tertiary/aromatic N) is 2. The zero-order chi connectivity index (χ0) is 17.9. The fourth-order valence-electron chi connectivity index (χ4n) is 2.56. The van der Waals surface area contributed by atoms with Crippen LogP contribution in [0.2, 0.25) is 0 Å². The molecular formula is C20H15N3O2S. The highest BCUT2D eigenvalue weighted by Gasteiger charge is 2.14. The van der Waals surface area contributed by atoms with Crippen LogP contribution in [0.4, 0.5) is 5.69 Å². The van der Waals surface area contributed by atoms with Gasteiger partial charge in [-0.25, -0.2) is 9.97 Å². The number of carbonyl (C=O) groups excluding carboxylic acids is 1. The van der Waals surface area contributed by atoms with Crippen molar-refractivity contribution in [2.24, 2.45) is 0 Å². The Morgan fingerprint density at radius 3 is 2.77 bits per heavy atom. The lowest BCUT2D eigenvalue weighted by atomic mass is 10.2. The molecule has 0 atom stereocenters. The standard InChI is InChI=1S/C20H15N3O2S/c1-13-22-17-12-14(9-10-18(17)25-13)23-19(24)16-8-5-11-21-20(16)26-15-6-3-2-4-7-15/h2-12H,1H3,(H,23,24). The summed E-state index contributed by atoms with van der Waals surface area (Å²) in [6, 6.07) is 18.8. The number of fused-ring (bicyclic) bond motifs is 1. The topological polar surface area (TPSA) is 68.0 Å². The van der Waals surface area contributed by atoms with Crippen LogP contribution >= 0.6 is 11.8 Å². The van der Waals surface area contributed by atoms with Crippen molar-refractivity contribution in [1.29, 1.82) is 0 Å². The molecule has 0 unspecified atom stereocenters. The van der Waals surface area contributed by atoms with E-state index in [0.29, 0.717) is 33.3 Å². The molecule has 128 valence electrons. The number of benzene rings is 2. The number of carbonyl (C=O) groups is 1. The van der Waals surface area contributed by atoms with Crippen LogP contribution in [0.15, 0.2) is 81.2 Å². The fourth-order valence-corrected chi connectivity index (χ4v) is 3.46. The molecule has 6 heteroatoms. The Morgan fingerprint density at radius 2 is 1.92 bits per heavy atom. The summed E-state index contributed by atoms with van der Waals surface area (Å²) in [6.45, 7) is 1.79. The molecule has 4 aromatic rings. The van der Waals surface area contributed by atoms with Crippen molar-refractivity contribution in [2.45, 2.75) is 16.8 Å². The van der Waals surface area contributed by atoms with Crippen LogP contribution < -0.4 is 5.32 Å². The minimum atomic E-state index is -0.212. The average Bonchev–Trinajstić information content (AvgIpc) is 3.02. The number of anilines is 1. The lowest BCUT2D eigenvalue weighted by Gasteiger charge is -2.09. The van der Waals surface area contributed by atoms with Crippen molar-refractivity contribution in [3.8, 4) is 0 Å². The van der Waals surface area contributed by atoms with Gasteiger partial charge in [-0.3, -0.25) is 4.79 Å². The molecule has 1 amide bonds. The van der Waals surface area contributed by atoms with Crippen LogP contribution in [0.25, 0.3) is 11.1 Å². The van der Waals surface area contributed by atoms with Gasteiger partial charge in [0.05, 0.1) is 5.56 Å². The Balaban J connectivity index is 1.59. The second kappa shape index (κ2) is 7.01. The van der Waals surface area contributed by atoms with Gasteiger partial charge in [-0.1, -0.05) is 30.0 Å². The van der Waals surface area contributed by atoms with Crippen molar-refractivity contribution < 1.29 is 9.21 Å². The van der Waals surface area contributed by atoms with Gasteiger partial charge in [-0.15, -0.1) is 0 Å². The number of hydrogen-bond acceptors (Lipinski definition) is 5. The summed E-state index contributed by atoms with van der Waals surface area (Å²) < 4.78 is 5.46. The summed E-state index contributed by atoms with van der Waals surface area (Å²) >= 11 is 1.46. The largest absolute Gasteiger partial charge is 0.441 e. The summed E-state index contributed by atoms with van der Waals surface area (Å²) in [7, 11) is 0. The van der Waals surface area contributed by atoms with Crippen LogP contribution in [0, 0.1) is 6.92 Å². The molecule has 2 aromatic carbocycles. The first-order valence-corrected chi connectivity index (χ1v) is 8.87. The van der Waals surface area contributed by atoms with Crippen molar-refractivity contribution in [3.63, 3.8) is 0 Å². The number of aryl methyl sites for hydroxylation is 1. The van der Waals surface area contributed by atoms with Gasteiger partial charge in [0.25, 0.3) is 5.91 Å². The van der Waals surface area contributed by atoms with Gasteiger partial charge in [0.1, 0.15) is 10.5 Å². The number of nitrogens with one attached hydrogen (secondary N) is 1. The maximum atomic E-state index is 12.8. The highest BCUT2D eigenvalue weighted by atomic mass is 32.2. The fraction of sp³-hybridized carbons (Fsp3) is 0.0500. The molecule has 0 fully saturated rings. The van der Waals surface area contributed by atoms with Crippen LogP contribution in [0.5, 0.6) is 0 Å². The van der Waals surface area contributed by atoms with Crippen molar-refractivity contribution >= 4 is 34.5 Å². The molecule has 0 aliphatic carbocycles. The molecular weight excluding hydrogens is 346 g/mol. The second-order valence-corrected chi connectivity index (χ2v) is 6.70. The first-order chi connectivity index (χ1) is 12.7. The van der Waals surface area contributed by atoms with E-state index in [4.69, 9.17) is 4.42 Å². The third kappa shape index (κ3) is 3.45. The van der Waals surface area contributed by atoms with Gasteiger partial charge >= 0.3 is 0 Å². The monoisotopic (exact) mass is 361 g/mol. The Hall–Kier alpha value is -3.12. The second-order valence-electron chi connectivity index (χ2n) is 5.64. The van der Waals surface area contributed by atoms with Gasteiger partial charge in [-0.05, 0) is 42.5 Å². The van der Waals surface area contributed by atoms with E-state index in [1.54, 1.807) is 43.5 Å². The molecule has 0 saturated heterocycles. The van der Waals surface area contributed by atoms with E-state index in [1.165, 1.54) is 11.8 Å². The van der Waals surface area contributed by atoms with Gasteiger partial charge < -0.3 is 9.73 Å². The number of hydrogen-bond donors (Lipinski definition) is 1. The predicted molar refractivity (Wildman–Crippen MR) is 102 cm³/mol. The van der Waals surface area contributed by atoms with E-state index in [-0.39, 0.29) is 5.91 Å². The van der Waals surface area contributed by atoms with E-state index >= 15 is 0 Å². The molecule has 5 nitrogen and oxygen atoms in total. The Labute approximate surface area is 154 Å². The van der Waals surface area contributed by atoms with E-state index in [0.717, 1.165) is 4.90 Å². The zero-order valence-electron chi connectivity index (χ0n) is 14.0. The van der Waals surface area contributed by atoms with Gasteiger partial charge in [0, 0.05) is 23.7 Å². The summed E-state index contributed by atoms with van der Waals surface area (Å²) in [5.74, 6) is 0.383. The minimum Gasteiger partial charge on any atom is -0.441 e. The quantitative estimate of drug-likeness (QED) is 0.558. The average molecular weight is 361 g/mol. The van der Waals surface area contributed by atoms with Crippen LogP contribution in [0.1, 0.15) is 16.2 Å². The molecule has 1 N–H and O–H groups in total. The Kier molecular flexibility index (Phi) is 4.41.